The number of likely N-dealkylation sites (N-methyl/N-ethyl adjacent to an activating group) is 1. The maximum Gasteiger partial charge on any atom is 0.111 e. The van der Waals surface area contributed by atoms with Crippen LogP contribution in [0.25, 0.3) is 0 Å². The van der Waals surface area contributed by atoms with E-state index >= 15 is 0 Å². The van der Waals surface area contributed by atoms with Gasteiger partial charge < -0.3 is 5.73 Å². The smallest absolute Gasteiger partial charge is 0.111 e. The van der Waals surface area contributed by atoms with E-state index in [4.69, 9.17) is 5.73 Å². The topological polar surface area (TPSA) is 41.6 Å². The number of nitrogens with zero attached hydrogens (tertiary/aromatic N) is 2. The molecule has 10 heavy (non-hydrogen) atoms. The monoisotopic (exact) mass is 141 g/mol. The number of rotatable bonds is 1. The van der Waals surface area contributed by atoms with E-state index in [-0.39, 0.29) is 0 Å². The molecule has 1 atom stereocenters. The number of hydrogen-bond donors (Lipinski definition) is 1. The molecular formula is C7H15N3. The first-order valence-electron chi connectivity index (χ1n) is 3.68. The molecule has 0 aromatic heterocycles. The second kappa shape index (κ2) is 3.01. The SMILES string of the molecule is CN=C(N)[C@@H]1CCCN1C. The third-order valence-electron chi connectivity index (χ3n) is 2.12. The van der Waals surface area contributed by atoms with Gasteiger partial charge in [0.15, 0.2) is 0 Å². The lowest BCUT2D eigenvalue weighted by atomic mass is 10.2. The lowest BCUT2D eigenvalue weighted by molar-refractivity contribution is 0.371. The first-order chi connectivity index (χ1) is 4.75. The van der Waals surface area contributed by atoms with Gasteiger partial charge in [-0.3, -0.25) is 9.89 Å². The van der Waals surface area contributed by atoms with Gasteiger partial charge in [-0.25, -0.2) is 0 Å². The van der Waals surface area contributed by atoms with E-state index in [1.807, 2.05) is 0 Å². The highest BCUT2D eigenvalue weighted by Gasteiger charge is 2.23. The minimum Gasteiger partial charge on any atom is -0.386 e. The van der Waals surface area contributed by atoms with Crippen molar-refractivity contribution in [3.05, 3.63) is 0 Å². The summed E-state index contributed by atoms with van der Waals surface area (Å²) in [4.78, 5) is 6.23. The molecule has 0 bridgehead atoms. The van der Waals surface area contributed by atoms with Crippen molar-refractivity contribution in [2.24, 2.45) is 10.7 Å². The van der Waals surface area contributed by atoms with Crippen LogP contribution < -0.4 is 5.73 Å². The van der Waals surface area contributed by atoms with E-state index in [0.29, 0.717) is 6.04 Å². The molecular weight excluding hydrogens is 126 g/mol. The number of nitrogens with two attached hydrogens (primary N) is 1. The molecule has 3 nitrogen and oxygen atoms in total. The molecule has 0 amide bonds. The number of amidine groups is 1. The van der Waals surface area contributed by atoms with Crippen LogP contribution in [0, 0.1) is 0 Å². The van der Waals surface area contributed by atoms with E-state index in [1.165, 1.54) is 12.8 Å². The van der Waals surface area contributed by atoms with Crippen molar-refractivity contribution in [1.82, 2.24) is 4.90 Å². The Bertz CT molecular complexity index is 142. The Balaban J connectivity index is 2.55. The summed E-state index contributed by atoms with van der Waals surface area (Å²) in [7, 11) is 3.84. The van der Waals surface area contributed by atoms with Crippen molar-refractivity contribution < 1.29 is 0 Å². The summed E-state index contributed by atoms with van der Waals surface area (Å²) < 4.78 is 0. The Morgan fingerprint density at radius 3 is 2.80 bits per heavy atom. The molecule has 0 aromatic rings. The van der Waals surface area contributed by atoms with Gasteiger partial charge in [0.1, 0.15) is 5.84 Å². The van der Waals surface area contributed by atoms with Crippen LogP contribution in [0.5, 0.6) is 0 Å². The molecule has 0 saturated carbocycles. The van der Waals surface area contributed by atoms with Crippen molar-refractivity contribution in [1.29, 1.82) is 0 Å². The minimum absolute atomic E-state index is 0.407. The lowest BCUT2D eigenvalue weighted by Gasteiger charge is -2.17. The lowest BCUT2D eigenvalue weighted by Crippen LogP contribution is -2.37. The summed E-state index contributed by atoms with van der Waals surface area (Å²) in [5.41, 5.74) is 5.68. The maximum absolute atomic E-state index is 5.68. The Morgan fingerprint density at radius 2 is 2.40 bits per heavy atom. The number of hydrogen-bond acceptors (Lipinski definition) is 2. The highest BCUT2D eigenvalue weighted by atomic mass is 15.2. The molecule has 0 spiro atoms. The zero-order valence-electron chi connectivity index (χ0n) is 6.67. The first-order valence-corrected chi connectivity index (χ1v) is 3.68. The molecule has 58 valence electrons. The van der Waals surface area contributed by atoms with Crippen LogP contribution in [0.2, 0.25) is 0 Å². The van der Waals surface area contributed by atoms with Crippen LogP contribution in [-0.4, -0.2) is 37.4 Å². The molecule has 1 aliphatic heterocycles. The second-order valence-corrected chi connectivity index (χ2v) is 2.79. The normalized spacial score (nSPS) is 29.4. The second-order valence-electron chi connectivity index (χ2n) is 2.79. The zero-order valence-corrected chi connectivity index (χ0v) is 6.67. The maximum atomic E-state index is 5.68. The molecule has 1 rings (SSSR count). The molecule has 3 heteroatoms. The van der Waals surface area contributed by atoms with E-state index in [9.17, 15) is 0 Å². The summed E-state index contributed by atoms with van der Waals surface area (Å²) in [5, 5.41) is 0. The fraction of sp³-hybridized carbons (Fsp3) is 0.857. The highest BCUT2D eigenvalue weighted by molar-refractivity contribution is 5.85. The predicted molar refractivity (Wildman–Crippen MR) is 43.2 cm³/mol. The molecule has 0 aromatic carbocycles. The summed E-state index contributed by atoms with van der Waals surface area (Å²) >= 11 is 0. The average molecular weight is 141 g/mol. The molecule has 0 radical (unpaired) electrons. The van der Waals surface area contributed by atoms with E-state index < -0.39 is 0 Å². The standard InChI is InChI=1S/C7H15N3/c1-9-7(8)6-4-3-5-10(6)2/h6H,3-5H2,1-2H3,(H2,8,9)/t6-/m0/s1. The van der Waals surface area contributed by atoms with Gasteiger partial charge in [-0.15, -0.1) is 0 Å². The molecule has 2 N–H and O–H groups in total. The van der Waals surface area contributed by atoms with Gasteiger partial charge in [-0.1, -0.05) is 0 Å². The summed E-state index contributed by atoms with van der Waals surface area (Å²) in [6.45, 7) is 1.15. The first kappa shape index (κ1) is 7.54. The molecule has 1 fully saturated rings. The van der Waals surface area contributed by atoms with Gasteiger partial charge in [0.25, 0.3) is 0 Å². The largest absolute Gasteiger partial charge is 0.386 e. The minimum atomic E-state index is 0.407. The third-order valence-corrected chi connectivity index (χ3v) is 2.12. The van der Waals surface area contributed by atoms with Gasteiger partial charge in [0, 0.05) is 7.05 Å². The fourth-order valence-electron chi connectivity index (χ4n) is 1.43. The molecule has 0 unspecified atom stereocenters. The van der Waals surface area contributed by atoms with Crippen LogP contribution >= 0.6 is 0 Å². The number of aliphatic imine (C=N–C) groups is 1. The van der Waals surface area contributed by atoms with Crippen molar-refractivity contribution in [2.75, 3.05) is 20.6 Å². The quantitative estimate of drug-likeness (QED) is 0.414. The van der Waals surface area contributed by atoms with Crippen molar-refractivity contribution in [3.63, 3.8) is 0 Å². The molecule has 1 heterocycles. The fourth-order valence-corrected chi connectivity index (χ4v) is 1.43. The molecule has 0 aliphatic carbocycles. The Labute approximate surface area is 61.9 Å². The van der Waals surface area contributed by atoms with Gasteiger partial charge in [0.2, 0.25) is 0 Å². The molecule has 1 aliphatic rings. The molecule has 1 saturated heterocycles. The van der Waals surface area contributed by atoms with Crippen LogP contribution in [0.3, 0.4) is 0 Å². The van der Waals surface area contributed by atoms with Crippen molar-refractivity contribution in [2.45, 2.75) is 18.9 Å². The van der Waals surface area contributed by atoms with Crippen LogP contribution in [0.15, 0.2) is 4.99 Å². The van der Waals surface area contributed by atoms with E-state index in [1.54, 1.807) is 7.05 Å². The van der Waals surface area contributed by atoms with Crippen molar-refractivity contribution >= 4 is 5.84 Å². The zero-order chi connectivity index (χ0) is 7.56. The van der Waals surface area contributed by atoms with Crippen LogP contribution in [-0.2, 0) is 0 Å². The highest BCUT2D eigenvalue weighted by Crippen LogP contribution is 2.13. The van der Waals surface area contributed by atoms with Crippen LogP contribution in [0.1, 0.15) is 12.8 Å². The Hall–Kier alpha value is -0.570. The van der Waals surface area contributed by atoms with E-state index in [0.717, 1.165) is 12.4 Å². The van der Waals surface area contributed by atoms with E-state index in [2.05, 4.69) is 16.9 Å². The average Bonchev–Trinajstić information content (AvgIpc) is 2.34. The predicted octanol–water partition coefficient (Wildman–Crippen LogP) is 0.0676. The summed E-state index contributed by atoms with van der Waals surface area (Å²) in [5.74, 6) is 0.778. The Morgan fingerprint density at radius 1 is 1.70 bits per heavy atom. The van der Waals surface area contributed by atoms with Crippen LogP contribution in [0.4, 0.5) is 0 Å². The van der Waals surface area contributed by atoms with Crippen molar-refractivity contribution in [3.8, 4) is 0 Å². The summed E-state index contributed by atoms with van der Waals surface area (Å²) in [6, 6.07) is 0.407. The third kappa shape index (κ3) is 1.29. The summed E-state index contributed by atoms with van der Waals surface area (Å²) in [6.07, 6.45) is 2.41. The number of likely N-dealkylation sites (tertiary alicyclic amines) is 1. The van der Waals surface area contributed by atoms with Gasteiger partial charge in [-0.05, 0) is 26.4 Å². The van der Waals surface area contributed by atoms with Gasteiger partial charge >= 0.3 is 0 Å². The van der Waals surface area contributed by atoms with Gasteiger partial charge in [0.05, 0.1) is 6.04 Å². The van der Waals surface area contributed by atoms with Gasteiger partial charge in [-0.2, -0.15) is 0 Å². The Kier molecular flexibility index (Phi) is 2.27.